The fourth-order valence-corrected chi connectivity index (χ4v) is 1.85. The van der Waals surface area contributed by atoms with Crippen molar-refractivity contribution in [1.82, 2.24) is 5.32 Å². The van der Waals surface area contributed by atoms with E-state index in [0.717, 1.165) is 25.3 Å². The second kappa shape index (κ2) is 3.69. The van der Waals surface area contributed by atoms with Crippen LogP contribution < -0.4 is 5.32 Å². The summed E-state index contributed by atoms with van der Waals surface area (Å²) in [5, 5.41) is 2.81. The Morgan fingerprint density at radius 1 is 1.57 bits per heavy atom. The molecule has 2 aliphatic heterocycles. The molecule has 0 bridgehead atoms. The number of nitrogens with zero attached hydrogens (tertiary/aromatic N) is 1. The van der Waals surface area contributed by atoms with E-state index in [2.05, 4.69) is 10.3 Å². The van der Waals surface area contributed by atoms with Crippen LogP contribution in [0.25, 0.3) is 0 Å². The average molecular weight is 196 g/mol. The van der Waals surface area contributed by atoms with Crippen LogP contribution in [0, 0.1) is 5.92 Å². The molecule has 0 aliphatic carbocycles. The van der Waals surface area contributed by atoms with Crippen molar-refractivity contribution in [3.8, 4) is 0 Å². The van der Waals surface area contributed by atoms with Gasteiger partial charge in [0, 0.05) is 6.61 Å². The van der Waals surface area contributed by atoms with Crippen molar-refractivity contribution in [2.75, 3.05) is 6.61 Å². The van der Waals surface area contributed by atoms with E-state index in [1.165, 1.54) is 0 Å². The Hall–Kier alpha value is -0.900. The Kier molecular flexibility index (Phi) is 2.54. The number of amidine groups is 1. The van der Waals surface area contributed by atoms with Gasteiger partial charge in [-0.25, -0.2) is 0 Å². The van der Waals surface area contributed by atoms with Crippen molar-refractivity contribution in [2.24, 2.45) is 10.9 Å². The van der Waals surface area contributed by atoms with E-state index in [-0.39, 0.29) is 24.0 Å². The Bertz CT molecular complexity index is 267. The third kappa shape index (κ3) is 1.66. The van der Waals surface area contributed by atoms with Crippen LogP contribution in [0.15, 0.2) is 4.99 Å². The molecule has 0 radical (unpaired) electrons. The van der Waals surface area contributed by atoms with Gasteiger partial charge in [-0.05, 0) is 18.8 Å². The molecule has 0 aromatic heterocycles. The van der Waals surface area contributed by atoms with Gasteiger partial charge in [-0.3, -0.25) is 9.79 Å². The molecule has 0 saturated carbocycles. The van der Waals surface area contributed by atoms with Crippen LogP contribution in [0.5, 0.6) is 0 Å². The zero-order chi connectivity index (χ0) is 10.1. The fourth-order valence-electron chi connectivity index (χ4n) is 1.85. The van der Waals surface area contributed by atoms with Gasteiger partial charge in [-0.15, -0.1) is 0 Å². The standard InChI is InChI=1S/C10H16N2O2/c1-6(2)8-10(13)12-9(11-8)7-4-3-5-14-7/h6-8H,3-5H2,1-2H3,(H,11,12,13). The molecule has 2 aliphatic rings. The van der Waals surface area contributed by atoms with Crippen LogP contribution in [-0.2, 0) is 9.53 Å². The number of carbonyl (C=O) groups is 1. The molecule has 2 atom stereocenters. The Labute approximate surface area is 83.7 Å². The summed E-state index contributed by atoms with van der Waals surface area (Å²) in [4.78, 5) is 15.9. The Balaban J connectivity index is 2.07. The lowest BCUT2D eigenvalue weighted by molar-refractivity contribution is -0.120. The molecule has 2 unspecified atom stereocenters. The van der Waals surface area contributed by atoms with Gasteiger partial charge in [0.05, 0.1) is 0 Å². The minimum absolute atomic E-state index is 0.0190. The fraction of sp³-hybridized carbons (Fsp3) is 0.800. The number of rotatable bonds is 2. The molecule has 1 N–H and O–H groups in total. The first-order valence-corrected chi connectivity index (χ1v) is 5.18. The molecule has 78 valence electrons. The van der Waals surface area contributed by atoms with Gasteiger partial charge >= 0.3 is 0 Å². The van der Waals surface area contributed by atoms with Crippen LogP contribution in [0.2, 0.25) is 0 Å². The molecular formula is C10H16N2O2. The van der Waals surface area contributed by atoms with Gasteiger partial charge in [0.25, 0.3) is 0 Å². The first-order valence-electron chi connectivity index (χ1n) is 5.18. The highest BCUT2D eigenvalue weighted by molar-refractivity contribution is 6.07. The van der Waals surface area contributed by atoms with Crippen molar-refractivity contribution in [2.45, 2.75) is 38.8 Å². The van der Waals surface area contributed by atoms with Gasteiger partial charge in [-0.1, -0.05) is 13.8 Å². The van der Waals surface area contributed by atoms with Crippen LogP contribution in [0.3, 0.4) is 0 Å². The number of amides is 1. The maximum Gasteiger partial charge on any atom is 0.250 e. The zero-order valence-corrected chi connectivity index (χ0v) is 8.62. The summed E-state index contributed by atoms with van der Waals surface area (Å²) >= 11 is 0. The molecule has 4 nitrogen and oxygen atoms in total. The predicted molar refractivity (Wildman–Crippen MR) is 53.2 cm³/mol. The molecule has 0 aromatic rings. The van der Waals surface area contributed by atoms with Gasteiger partial charge in [0.1, 0.15) is 18.0 Å². The first-order chi connectivity index (χ1) is 6.68. The van der Waals surface area contributed by atoms with E-state index in [4.69, 9.17) is 4.74 Å². The van der Waals surface area contributed by atoms with Crippen LogP contribution in [0.1, 0.15) is 26.7 Å². The van der Waals surface area contributed by atoms with Crippen molar-refractivity contribution in [3.05, 3.63) is 0 Å². The molecule has 4 heteroatoms. The van der Waals surface area contributed by atoms with Gasteiger partial charge in [0.2, 0.25) is 5.91 Å². The topological polar surface area (TPSA) is 50.7 Å². The van der Waals surface area contributed by atoms with Gasteiger partial charge in [0.15, 0.2) is 0 Å². The SMILES string of the molecule is CC(C)C1N=C(C2CCCO2)NC1=O. The number of ether oxygens (including phenoxy) is 1. The van der Waals surface area contributed by atoms with Crippen molar-refractivity contribution < 1.29 is 9.53 Å². The lowest BCUT2D eigenvalue weighted by atomic mass is 10.1. The lowest BCUT2D eigenvalue weighted by Gasteiger charge is -2.07. The van der Waals surface area contributed by atoms with Crippen LogP contribution in [0.4, 0.5) is 0 Å². The van der Waals surface area contributed by atoms with Crippen molar-refractivity contribution in [1.29, 1.82) is 0 Å². The first kappa shape index (κ1) is 9.65. The number of nitrogens with one attached hydrogen (secondary N) is 1. The molecule has 0 aromatic carbocycles. The van der Waals surface area contributed by atoms with Gasteiger partial charge < -0.3 is 10.1 Å². The maximum atomic E-state index is 11.5. The molecule has 2 heterocycles. The summed E-state index contributed by atoms with van der Waals surface area (Å²) in [6.07, 6.45) is 2.07. The highest BCUT2D eigenvalue weighted by Crippen LogP contribution is 2.18. The molecule has 1 amide bonds. The van der Waals surface area contributed by atoms with Gasteiger partial charge in [-0.2, -0.15) is 0 Å². The second-order valence-electron chi connectivity index (χ2n) is 4.19. The van der Waals surface area contributed by atoms with Crippen LogP contribution >= 0.6 is 0 Å². The zero-order valence-electron chi connectivity index (χ0n) is 8.62. The van der Waals surface area contributed by atoms with Crippen molar-refractivity contribution >= 4 is 11.7 Å². The number of hydrogen-bond acceptors (Lipinski definition) is 3. The average Bonchev–Trinajstić information content (AvgIpc) is 2.70. The summed E-state index contributed by atoms with van der Waals surface area (Å²) in [6.45, 7) is 4.80. The Morgan fingerprint density at radius 3 is 2.86 bits per heavy atom. The minimum Gasteiger partial charge on any atom is -0.370 e. The number of aliphatic imine (C=N–C) groups is 1. The third-order valence-electron chi connectivity index (χ3n) is 2.66. The summed E-state index contributed by atoms with van der Waals surface area (Å²) in [6, 6.07) is -0.214. The van der Waals surface area contributed by atoms with E-state index in [0.29, 0.717) is 0 Å². The van der Waals surface area contributed by atoms with Crippen molar-refractivity contribution in [3.63, 3.8) is 0 Å². The summed E-state index contributed by atoms with van der Waals surface area (Å²) in [5.41, 5.74) is 0. The molecule has 2 rings (SSSR count). The van der Waals surface area contributed by atoms with E-state index < -0.39 is 0 Å². The summed E-state index contributed by atoms with van der Waals surface area (Å²) in [7, 11) is 0. The third-order valence-corrected chi connectivity index (χ3v) is 2.66. The molecular weight excluding hydrogens is 180 g/mol. The quantitative estimate of drug-likeness (QED) is 0.707. The molecule has 14 heavy (non-hydrogen) atoms. The minimum atomic E-state index is -0.214. The number of carbonyl (C=O) groups excluding carboxylic acids is 1. The number of hydrogen-bond donors (Lipinski definition) is 1. The molecule has 0 spiro atoms. The maximum absolute atomic E-state index is 11.5. The highest BCUT2D eigenvalue weighted by atomic mass is 16.5. The van der Waals surface area contributed by atoms with E-state index >= 15 is 0 Å². The summed E-state index contributed by atoms with van der Waals surface area (Å²) in [5.74, 6) is 1.02. The normalized spacial score (nSPS) is 32.2. The summed E-state index contributed by atoms with van der Waals surface area (Å²) < 4.78 is 5.47. The van der Waals surface area contributed by atoms with E-state index in [1.807, 2.05) is 13.8 Å². The molecule has 1 saturated heterocycles. The largest absolute Gasteiger partial charge is 0.370 e. The molecule has 1 fully saturated rings. The highest BCUT2D eigenvalue weighted by Gasteiger charge is 2.33. The Morgan fingerprint density at radius 2 is 2.36 bits per heavy atom. The smallest absolute Gasteiger partial charge is 0.250 e. The lowest BCUT2D eigenvalue weighted by Crippen LogP contribution is -2.36. The van der Waals surface area contributed by atoms with Crippen LogP contribution in [-0.4, -0.2) is 30.5 Å². The second-order valence-corrected chi connectivity index (χ2v) is 4.19. The monoisotopic (exact) mass is 196 g/mol. The predicted octanol–water partition coefficient (Wildman–Crippen LogP) is 0.718. The van der Waals surface area contributed by atoms with E-state index in [9.17, 15) is 4.79 Å². The van der Waals surface area contributed by atoms with E-state index in [1.54, 1.807) is 0 Å².